The van der Waals surface area contributed by atoms with E-state index in [0.717, 1.165) is 53.5 Å². The van der Waals surface area contributed by atoms with Gasteiger partial charge in [-0.3, -0.25) is 4.79 Å². The lowest BCUT2D eigenvalue weighted by molar-refractivity contribution is -0.119. The fourth-order valence-corrected chi connectivity index (χ4v) is 4.15. The molecule has 4 heterocycles. The van der Waals surface area contributed by atoms with E-state index in [1.807, 2.05) is 29.1 Å². The molecule has 0 spiro atoms. The highest BCUT2D eigenvalue weighted by Crippen LogP contribution is 2.28. The van der Waals surface area contributed by atoms with Crippen molar-refractivity contribution >= 4 is 28.5 Å². The van der Waals surface area contributed by atoms with Crippen molar-refractivity contribution in [2.45, 2.75) is 44.7 Å². The SMILES string of the molecule is CC(=O)NC1CCC(Nc2ncc3c(-c4ccc5nccn5c4)c[nH]c3n2)CC1. The highest BCUT2D eigenvalue weighted by Gasteiger charge is 2.22. The van der Waals surface area contributed by atoms with Crippen molar-refractivity contribution in [1.29, 1.82) is 0 Å². The van der Waals surface area contributed by atoms with Gasteiger partial charge in [0, 0.05) is 66.5 Å². The number of carbonyl (C=O) groups excluding carboxylic acids is 1. The van der Waals surface area contributed by atoms with E-state index >= 15 is 0 Å². The number of amides is 1. The third-order valence-corrected chi connectivity index (χ3v) is 5.60. The molecule has 8 nitrogen and oxygen atoms in total. The fraction of sp³-hybridized carbons (Fsp3) is 0.333. The van der Waals surface area contributed by atoms with Gasteiger partial charge in [0.25, 0.3) is 0 Å². The Labute approximate surface area is 167 Å². The summed E-state index contributed by atoms with van der Waals surface area (Å²) >= 11 is 0. The van der Waals surface area contributed by atoms with Crippen LogP contribution in [0.25, 0.3) is 27.8 Å². The number of hydrogen-bond donors (Lipinski definition) is 3. The van der Waals surface area contributed by atoms with Gasteiger partial charge in [-0.2, -0.15) is 4.98 Å². The molecule has 0 aliphatic heterocycles. The molecule has 0 saturated heterocycles. The Kier molecular flexibility index (Phi) is 4.38. The van der Waals surface area contributed by atoms with Gasteiger partial charge in [0.1, 0.15) is 11.3 Å². The Balaban J connectivity index is 1.32. The number of pyridine rings is 1. The van der Waals surface area contributed by atoms with Crippen molar-refractivity contribution in [2.75, 3.05) is 5.32 Å². The van der Waals surface area contributed by atoms with Crippen molar-refractivity contribution in [1.82, 2.24) is 29.7 Å². The number of nitrogens with zero attached hydrogens (tertiary/aromatic N) is 4. The molecule has 0 bridgehead atoms. The number of nitrogens with one attached hydrogen (secondary N) is 3. The molecule has 0 unspecified atom stereocenters. The topological polar surface area (TPSA) is 100 Å². The molecule has 3 N–H and O–H groups in total. The van der Waals surface area contributed by atoms with Crippen LogP contribution in [-0.2, 0) is 4.79 Å². The molecular weight excluding hydrogens is 366 g/mol. The normalized spacial score (nSPS) is 19.5. The van der Waals surface area contributed by atoms with Crippen molar-refractivity contribution in [3.63, 3.8) is 0 Å². The van der Waals surface area contributed by atoms with Gasteiger partial charge in [0.2, 0.25) is 11.9 Å². The lowest BCUT2D eigenvalue weighted by atomic mass is 9.91. The van der Waals surface area contributed by atoms with Gasteiger partial charge in [-0.1, -0.05) is 0 Å². The number of aromatic amines is 1. The molecule has 29 heavy (non-hydrogen) atoms. The van der Waals surface area contributed by atoms with Crippen LogP contribution in [-0.4, -0.2) is 42.3 Å². The zero-order valence-electron chi connectivity index (χ0n) is 16.2. The van der Waals surface area contributed by atoms with E-state index in [4.69, 9.17) is 0 Å². The fourth-order valence-electron chi connectivity index (χ4n) is 4.15. The molecule has 1 aliphatic carbocycles. The van der Waals surface area contributed by atoms with E-state index in [1.54, 1.807) is 13.1 Å². The Hall–Kier alpha value is -3.42. The van der Waals surface area contributed by atoms with Crippen LogP contribution in [0.2, 0.25) is 0 Å². The van der Waals surface area contributed by atoms with Crippen LogP contribution in [0.3, 0.4) is 0 Å². The van der Waals surface area contributed by atoms with E-state index in [2.05, 4.69) is 42.8 Å². The third kappa shape index (κ3) is 3.53. The predicted molar refractivity (Wildman–Crippen MR) is 112 cm³/mol. The summed E-state index contributed by atoms with van der Waals surface area (Å²) in [6, 6.07) is 4.68. The summed E-state index contributed by atoms with van der Waals surface area (Å²) < 4.78 is 2.00. The minimum absolute atomic E-state index is 0.0462. The number of carbonyl (C=O) groups is 1. The van der Waals surface area contributed by atoms with Crippen molar-refractivity contribution in [3.8, 4) is 11.1 Å². The van der Waals surface area contributed by atoms with Crippen LogP contribution in [0, 0.1) is 0 Å². The minimum Gasteiger partial charge on any atom is -0.354 e. The largest absolute Gasteiger partial charge is 0.354 e. The average Bonchev–Trinajstić information content (AvgIpc) is 3.35. The lowest BCUT2D eigenvalue weighted by Crippen LogP contribution is -2.39. The standard InChI is InChI=1S/C21H23N7O/c1-13(29)25-15-3-5-16(6-4-15)26-21-24-11-18-17(10-23-20(18)27-21)14-2-7-19-22-8-9-28(19)12-14/h2,7-12,15-16H,3-6H2,1H3,(H,25,29)(H2,23,24,26,27). The van der Waals surface area contributed by atoms with E-state index in [1.165, 1.54) is 0 Å². The molecule has 8 heteroatoms. The van der Waals surface area contributed by atoms with Gasteiger partial charge in [-0.05, 0) is 37.8 Å². The monoisotopic (exact) mass is 389 g/mol. The number of hydrogen-bond acceptors (Lipinski definition) is 5. The van der Waals surface area contributed by atoms with Gasteiger partial charge < -0.3 is 20.0 Å². The van der Waals surface area contributed by atoms with Crippen molar-refractivity contribution in [3.05, 3.63) is 43.1 Å². The van der Waals surface area contributed by atoms with Crippen LogP contribution in [0.5, 0.6) is 0 Å². The summed E-state index contributed by atoms with van der Waals surface area (Å²) in [7, 11) is 0. The van der Waals surface area contributed by atoms with Crippen LogP contribution in [0.1, 0.15) is 32.6 Å². The first-order chi connectivity index (χ1) is 14.2. The quantitative estimate of drug-likeness (QED) is 0.498. The molecule has 4 aromatic rings. The first-order valence-electron chi connectivity index (χ1n) is 9.96. The molecule has 5 rings (SSSR count). The number of fused-ring (bicyclic) bond motifs is 2. The second kappa shape index (κ2) is 7.20. The Morgan fingerprint density at radius 1 is 1.17 bits per heavy atom. The second-order valence-corrected chi connectivity index (χ2v) is 7.66. The predicted octanol–water partition coefficient (Wildman–Crippen LogP) is 3.13. The maximum absolute atomic E-state index is 11.2. The second-order valence-electron chi connectivity index (χ2n) is 7.66. The molecule has 1 saturated carbocycles. The maximum atomic E-state index is 11.2. The van der Waals surface area contributed by atoms with Crippen molar-refractivity contribution in [2.24, 2.45) is 0 Å². The maximum Gasteiger partial charge on any atom is 0.224 e. The summed E-state index contributed by atoms with van der Waals surface area (Å²) in [5, 5.41) is 7.45. The number of imidazole rings is 1. The smallest absolute Gasteiger partial charge is 0.224 e. The summed E-state index contributed by atoms with van der Waals surface area (Å²) in [6.45, 7) is 1.57. The van der Waals surface area contributed by atoms with Crippen LogP contribution in [0.15, 0.2) is 43.1 Å². The molecule has 4 aromatic heterocycles. The number of H-pyrrole nitrogens is 1. The van der Waals surface area contributed by atoms with E-state index < -0.39 is 0 Å². The first kappa shape index (κ1) is 17.7. The summed E-state index contributed by atoms with van der Waals surface area (Å²) in [6.07, 6.45) is 13.6. The molecule has 1 fully saturated rings. The summed E-state index contributed by atoms with van der Waals surface area (Å²) in [5.41, 5.74) is 3.89. The average molecular weight is 389 g/mol. The van der Waals surface area contributed by atoms with Crippen LogP contribution in [0.4, 0.5) is 5.95 Å². The Morgan fingerprint density at radius 2 is 2.00 bits per heavy atom. The van der Waals surface area contributed by atoms with Crippen molar-refractivity contribution < 1.29 is 4.79 Å². The highest BCUT2D eigenvalue weighted by atomic mass is 16.1. The zero-order valence-corrected chi connectivity index (χ0v) is 16.2. The minimum atomic E-state index is 0.0462. The number of anilines is 1. The van der Waals surface area contributed by atoms with Gasteiger partial charge >= 0.3 is 0 Å². The Bertz CT molecular complexity index is 1170. The van der Waals surface area contributed by atoms with E-state index in [0.29, 0.717) is 12.0 Å². The van der Waals surface area contributed by atoms with E-state index in [9.17, 15) is 4.79 Å². The molecule has 0 radical (unpaired) electrons. The number of aromatic nitrogens is 5. The van der Waals surface area contributed by atoms with Gasteiger partial charge in [-0.25, -0.2) is 9.97 Å². The van der Waals surface area contributed by atoms with Gasteiger partial charge in [0.05, 0.1) is 0 Å². The highest BCUT2D eigenvalue weighted by molar-refractivity contribution is 5.93. The zero-order chi connectivity index (χ0) is 19.8. The van der Waals surface area contributed by atoms with Crippen LogP contribution < -0.4 is 10.6 Å². The Morgan fingerprint density at radius 3 is 2.83 bits per heavy atom. The molecule has 148 valence electrons. The first-order valence-corrected chi connectivity index (χ1v) is 9.96. The van der Waals surface area contributed by atoms with E-state index in [-0.39, 0.29) is 11.9 Å². The number of rotatable bonds is 4. The summed E-state index contributed by atoms with van der Waals surface area (Å²) in [4.78, 5) is 28.0. The van der Waals surface area contributed by atoms with Gasteiger partial charge in [-0.15, -0.1) is 0 Å². The summed E-state index contributed by atoms with van der Waals surface area (Å²) in [5.74, 6) is 0.684. The molecule has 1 aliphatic rings. The lowest BCUT2D eigenvalue weighted by Gasteiger charge is -2.29. The third-order valence-electron chi connectivity index (χ3n) is 5.60. The molecule has 1 amide bonds. The molecule has 0 atom stereocenters. The molecule has 0 aromatic carbocycles. The van der Waals surface area contributed by atoms with Gasteiger partial charge in [0.15, 0.2) is 0 Å². The molecular formula is C21H23N7O. The van der Waals surface area contributed by atoms with Crippen LogP contribution >= 0.6 is 0 Å².